The first-order valence-corrected chi connectivity index (χ1v) is 7.21. The molecule has 0 bridgehead atoms. The number of nitrogens with zero attached hydrogens (tertiary/aromatic N) is 1. The zero-order valence-corrected chi connectivity index (χ0v) is 10.9. The van der Waals surface area contributed by atoms with Gasteiger partial charge >= 0.3 is 5.97 Å². The van der Waals surface area contributed by atoms with E-state index < -0.39 is 16.0 Å². The molecule has 1 aliphatic rings. The van der Waals surface area contributed by atoms with Gasteiger partial charge in [-0.05, 0) is 19.8 Å². The van der Waals surface area contributed by atoms with E-state index in [-0.39, 0.29) is 10.9 Å². The number of furan rings is 1. The van der Waals surface area contributed by atoms with E-state index in [0.717, 1.165) is 19.3 Å². The second-order valence-corrected chi connectivity index (χ2v) is 6.22. The Kier molecular flexibility index (Phi) is 3.45. The zero-order valence-electron chi connectivity index (χ0n) is 10.0. The first-order chi connectivity index (χ1) is 8.43. The van der Waals surface area contributed by atoms with Crippen LogP contribution in [0.4, 0.5) is 0 Å². The molecule has 1 saturated heterocycles. The summed E-state index contributed by atoms with van der Waals surface area (Å²) in [5.74, 6) is -1.57. The van der Waals surface area contributed by atoms with E-state index >= 15 is 0 Å². The molecule has 100 valence electrons. The van der Waals surface area contributed by atoms with E-state index in [4.69, 9.17) is 9.52 Å². The number of rotatable bonds is 3. The first kappa shape index (κ1) is 13.1. The molecule has 1 aromatic rings. The summed E-state index contributed by atoms with van der Waals surface area (Å²) < 4.78 is 30.7. The first-order valence-electron chi connectivity index (χ1n) is 5.77. The highest BCUT2D eigenvalue weighted by Gasteiger charge is 2.30. The lowest BCUT2D eigenvalue weighted by molar-refractivity contribution is 0.0655. The van der Waals surface area contributed by atoms with Crippen molar-refractivity contribution in [2.45, 2.75) is 31.3 Å². The van der Waals surface area contributed by atoms with E-state index in [1.165, 1.54) is 17.3 Å². The molecule has 1 N–H and O–H groups in total. The number of carboxylic acid groups (broad SMARTS) is 1. The van der Waals surface area contributed by atoms with Crippen LogP contribution in [0.15, 0.2) is 15.6 Å². The number of hydrogen-bond acceptors (Lipinski definition) is 4. The summed E-state index contributed by atoms with van der Waals surface area (Å²) in [6, 6.07) is 1.27. The zero-order chi connectivity index (χ0) is 13.3. The van der Waals surface area contributed by atoms with E-state index in [1.54, 1.807) is 0 Å². The lowest BCUT2D eigenvalue weighted by atomic mass is 10.2. The third kappa shape index (κ3) is 2.28. The van der Waals surface area contributed by atoms with Gasteiger partial charge in [-0.25, -0.2) is 13.2 Å². The number of piperidine rings is 1. The maximum absolute atomic E-state index is 12.2. The molecule has 6 nitrogen and oxygen atoms in total. The van der Waals surface area contributed by atoms with Crippen molar-refractivity contribution < 1.29 is 22.7 Å². The van der Waals surface area contributed by atoms with Crippen LogP contribution in [-0.2, 0) is 10.0 Å². The summed E-state index contributed by atoms with van der Waals surface area (Å²) in [6.07, 6.45) is 2.67. The molecule has 0 aliphatic carbocycles. The fourth-order valence-electron chi connectivity index (χ4n) is 2.02. The molecule has 2 rings (SSSR count). The second-order valence-electron chi connectivity index (χ2n) is 4.35. The minimum atomic E-state index is -3.69. The van der Waals surface area contributed by atoms with Crippen LogP contribution in [0.2, 0.25) is 0 Å². The summed E-state index contributed by atoms with van der Waals surface area (Å²) in [5, 5.41) is 8.57. The second kappa shape index (κ2) is 4.74. The molecule has 0 atom stereocenters. The molecule has 1 fully saturated rings. The standard InChI is InChI=1S/C11H15NO5S/c1-8-7-9(17-10(8)11(13)14)18(15,16)12-5-3-2-4-6-12/h7H,2-6H2,1H3,(H,13,14). The van der Waals surface area contributed by atoms with Crippen LogP contribution >= 0.6 is 0 Å². The van der Waals surface area contributed by atoms with Crippen molar-refractivity contribution in [3.63, 3.8) is 0 Å². The van der Waals surface area contributed by atoms with Crippen molar-refractivity contribution in [1.29, 1.82) is 0 Å². The minimum Gasteiger partial charge on any atom is -0.475 e. The van der Waals surface area contributed by atoms with Crippen LogP contribution < -0.4 is 0 Å². The monoisotopic (exact) mass is 273 g/mol. The van der Waals surface area contributed by atoms with Gasteiger partial charge in [-0.2, -0.15) is 4.31 Å². The number of carbonyl (C=O) groups is 1. The number of hydrogen-bond donors (Lipinski definition) is 1. The summed E-state index contributed by atoms with van der Waals surface area (Å²) >= 11 is 0. The molecule has 7 heteroatoms. The average molecular weight is 273 g/mol. The lowest BCUT2D eigenvalue weighted by Crippen LogP contribution is -2.35. The van der Waals surface area contributed by atoms with Crippen molar-refractivity contribution >= 4 is 16.0 Å². The van der Waals surface area contributed by atoms with E-state index in [9.17, 15) is 13.2 Å². The van der Waals surface area contributed by atoms with Gasteiger partial charge in [-0.15, -0.1) is 0 Å². The molecule has 0 aromatic carbocycles. The van der Waals surface area contributed by atoms with Gasteiger partial charge in [0.15, 0.2) is 0 Å². The molecule has 0 spiro atoms. The number of aryl methyl sites for hydroxylation is 1. The Bertz CT molecular complexity index is 554. The maximum Gasteiger partial charge on any atom is 0.372 e. The lowest BCUT2D eigenvalue weighted by Gasteiger charge is -2.24. The summed E-state index contributed by atoms with van der Waals surface area (Å²) in [7, 11) is -3.69. The maximum atomic E-state index is 12.2. The minimum absolute atomic E-state index is 0.278. The fourth-order valence-corrected chi connectivity index (χ4v) is 3.53. The van der Waals surface area contributed by atoms with Crippen molar-refractivity contribution in [2.75, 3.05) is 13.1 Å². The summed E-state index contributed by atoms with van der Waals surface area (Å²) in [4.78, 5) is 10.8. The highest BCUT2D eigenvalue weighted by atomic mass is 32.2. The highest BCUT2D eigenvalue weighted by molar-refractivity contribution is 7.89. The van der Waals surface area contributed by atoms with Crippen LogP contribution in [0.5, 0.6) is 0 Å². The Balaban J connectivity index is 2.35. The SMILES string of the molecule is Cc1cc(S(=O)(=O)N2CCCCC2)oc1C(=O)O. The topological polar surface area (TPSA) is 87.8 Å². The van der Waals surface area contributed by atoms with E-state index in [0.29, 0.717) is 18.7 Å². The molecule has 0 saturated carbocycles. The molecular weight excluding hydrogens is 258 g/mol. The third-order valence-corrected chi connectivity index (χ3v) is 4.75. The molecule has 2 heterocycles. The van der Waals surface area contributed by atoms with E-state index in [2.05, 4.69) is 0 Å². The van der Waals surface area contributed by atoms with Crippen molar-refractivity contribution in [3.05, 3.63) is 17.4 Å². The van der Waals surface area contributed by atoms with Gasteiger partial charge in [0.1, 0.15) is 0 Å². The number of sulfonamides is 1. The van der Waals surface area contributed by atoms with Crippen LogP contribution in [0.25, 0.3) is 0 Å². The number of aromatic carboxylic acids is 1. The van der Waals surface area contributed by atoms with Crippen LogP contribution in [-0.4, -0.2) is 36.9 Å². The highest BCUT2D eigenvalue weighted by Crippen LogP contribution is 2.24. The van der Waals surface area contributed by atoms with Gasteiger partial charge in [-0.1, -0.05) is 6.42 Å². The predicted molar refractivity (Wildman–Crippen MR) is 63.0 cm³/mol. The Morgan fingerprint density at radius 2 is 1.94 bits per heavy atom. The summed E-state index contributed by atoms with van der Waals surface area (Å²) in [6.45, 7) is 2.44. The Hall–Kier alpha value is -1.34. The third-order valence-electron chi connectivity index (χ3n) is 3.00. The van der Waals surface area contributed by atoms with Gasteiger partial charge in [-0.3, -0.25) is 0 Å². The van der Waals surface area contributed by atoms with Gasteiger partial charge < -0.3 is 9.52 Å². The molecular formula is C11H15NO5S. The van der Waals surface area contributed by atoms with Crippen LogP contribution in [0.3, 0.4) is 0 Å². The van der Waals surface area contributed by atoms with Crippen molar-refractivity contribution in [1.82, 2.24) is 4.31 Å². The fraction of sp³-hybridized carbons (Fsp3) is 0.545. The van der Waals surface area contributed by atoms with Crippen molar-refractivity contribution in [2.24, 2.45) is 0 Å². The van der Waals surface area contributed by atoms with Gasteiger partial charge in [0.25, 0.3) is 10.0 Å². The quantitative estimate of drug-likeness (QED) is 0.900. The van der Waals surface area contributed by atoms with Gasteiger partial charge in [0.2, 0.25) is 10.9 Å². The normalized spacial score (nSPS) is 17.8. The summed E-state index contributed by atoms with van der Waals surface area (Å²) in [5.41, 5.74) is 0.318. The van der Waals surface area contributed by atoms with Crippen molar-refractivity contribution in [3.8, 4) is 0 Å². The smallest absolute Gasteiger partial charge is 0.372 e. The van der Waals surface area contributed by atoms with Gasteiger partial charge in [0.05, 0.1) is 0 Å². The molecule has 1 aromatic heterocycles. The van der Waals surface area contributed by atoms with E-state index in [1.807, 2.05) is 0 Å². The number of carboxylic acids is 1. The molecule has 1 aliphatic heterocycles. The van der Waals surface area contributed by atoms with Gasteiger partial charge in [0, 0.05) is 24.7 Å². The van der Waals surface area contributed by atoms with Crippen LogP contribution in [0.1, 0.15) is 35.4 Å². The molecule has 0 radical (unpaired) electrons. The Morgan fingerprint density at radius 3 is 2.44 bits per heavy atom. The average Bonchev–Trinajstić information content (AvgIpc) is 2.73. The Labute approximate surface area is 105 Å². The molecule has 0 amide bonds. The van der Waals surface area contributed by atoms with Crippen LogP contribution in [0, 0.1) is 6.92 Å². The largest absolute Gasteiger partial charge is 0.475 e. The predicted octanol–water partition coefficient (Wildman–Crippen LogP) is 1.46. The Morgan fingerprint density at radius 1 is 1.33 bits per heavy atom. The molecule has 18 heavy (non-hydrogen) atoms. The molecule has 0 unspecified atom stereocenters.